The molecule has 0 aliphatic carbocycles. The van der Waals surface area contributed by atoms with Crippen molar-refractivity contribution >= 4 is 6.03 Å². The molecule has 0 saturated carbocycles. The highest BCUT2D eigenvalue weighted by molar-refractivity contribution is 5.74. The van der Waals surface area contributed by atoms with E-state index in [0.717, 1.165) is 34.8 Å². The van der Waals surface area contributed by atoms with Gasteiger partial charge in [0.2, 0.25) is 0 Å². The maximum atomic E-state index is 12.2. The molecule has 1 atom stereocenters. The third-order valence-corrected chi connectivity index (χ3v) is 4.21. The summed E-state index contributed by atoms with van der Waals surface area (Å²) in [6.07, 6.45) is 0.866. The van der Waals surface area contributed by atoms with Crippen LogP contribution in [0.1, 0.15) is 30.5 Å². The summed E-state index contributed by atoms with van der Waals surface area (Å²) in [4.78, 5) is 12.2. The SMILES string of the molecule is COc1cccc(CNC(=O)NC(C)c2ccc3c(c2)OCCCO3)c1. The van der Waals surface area contributed by atoms with Gasteiger partial charge in [-0.2, -0.15) is 0 Å². The zero-order valence-corrected chi connectivity index (χ0v) is 15.1. The Morgan fingerprint density at radius 2 is 1.96 bits per heavy atom. The molecule has 138 valence electrons. The second kappa shape index (κ2) is 8.47. The fraction of sp³-hybridized carbons (Fsp3) is 0.350. The van der Waals surface area contributed by atoms with Crippen molar-refractivity contribution in [2.75, 3.05) is 20.3 Å². The summed E-state index contributed by atoms with van der Waals surface area (Å²) < 4.78 is 16.5. The highest BCUT2D eigenvalue weighted by Crippen LogP contribution is 2.32. The van der Waals surface area contributed by atoms with Crippen molar-refractivity contribution in [3.63, 3.8) is 0 Å². The summed E-state index contributed by atoms with van der Waals surface area (Å²) in [6, 6.07) is 13.0. The van der Waals surface area contributed by atoms with E-state index in [1.807, 2.05) is 49.4 Å². The Bertz CT molecular complexity index is 763. The molecule has 0 aromatic heterocycles. The van der Waals surface area contributed by atoms with E-state index >= 15 is 0 Å². The predicted molar refractivity (Wildman–Crippen MR) is 98.8 cm³/mol. The number of fused-ring (bicyclic) bond motifs is 1. The van der Waals surface area contributed by atoms with E-state index in [-0.39, 0.29) is 12.1 Å². The normalized spacial score (nSPS) is 14.1. The molecule has 2 amide bonds. The zero-order chi connectivity index (χ0) is 18.4. The van der Waals surface area contributed by atoms with Gasteiger partial charge in [0.25, 0.3) is 0 Å². The monoisotopic (exact) mass is 356 g/mol. The molecule has 1 aliphatic rings. The van der Waals surface area contributed by atoms with Crippen molar-refractivity contribution in [3.8, 4) is 17.2 Å². The summed E-state index contributed by atoms with van der Waals surface area (Å²) in [6.45, 7) is 3.66. The molecule has 3 rings (SSSR count). The first-order valence-corrected chi connectivity index (χ1v) is 8.72. The maximum absolute atomic E-state index is 12.2. The van der Waals surface area contributed by atoms with Gasteiger partial charge in [-0.05, 0) is 42.3 Å². The maximum Gasteiger partial charge on any atom is 0.315 e. The molecule has 26 heavy (non-hydrogen) atoms. The second-order valence-electron chi connectivity index (χ2n) is 6.16. The Labute approximate surface area is 153 Å². The van der Waals surface area contributed by atoms with Crippen LogP contribution in [0.15, 0.2) is 42.5 Å². The van der Waals surface area contributed by atoms with Crippen LogP contribution in [0.2, 0.25) is 0 Å². The highest BCUT2D eigenvalue weighted by Gasteiger charge is 2.15. The number of methoxy groups -OCH3 is 1. The number of nitrogens with one attached hydrogen (secondary N) is 2. The van der Waals surface area contributed by atoms with Crippen molar-refractivity contribution < 1.29 is 19.0 Å². The Kier molecular flexibility index (Phi) is 5.84. The quantitative estimate of drug-likeness (QED) is 0.861. The summed E-state index contributed by atoms with van der Waals surface area (Å²) >= 11 is 0. The van der Waals surface area contributed by atoms with Gasteiger partial charge in [0.1, 0.15) is 5.75 Å². The van der Waals surface area contributed by atoms with Crippen molar-refractivity contribution in [2.45, 2.75) is 25.9 Å². The van der Waals surface area contributed by atoms with E-state index < -0.39 is 0 Å². The molecule has 2 aromatic rings. The van der Waals surface area contributed by atoms with Crippen LogP contribution in [0.4, 0.5) is 4.79 Å². The Hall–Kier alpha value is -2.89. The lowest BCUT2D eigenvalue weighted by atomic mass is 10.1. The van der Waals surface area contributed by atoms with Gasteiger partial charge in [0.05, 0.1) is 26.4 Å². The van der Waals surface area contributed by atoms with Crippen LogP contribution in [0.3, 0.4) is 0 Å². The Morgan fingerprint density at radius 3 is 2.77 bits per heavy atom. The largest absolute Gasteiger partial charge is 0.497 e. The van der Waals surface area contributed by atoms with Gasteiger partial charge in [-0.1, -0.05) is 18.2 Å². The molecule has 1 unspecified atom stereocenters. The number of urea groups is 1. The average Bonchev–Trinajstić information content (AvgIpc) is 2.91. The molecule has 1 heterocycles. The molecule has 0 saturated heterocycles. The molecule has 1 aliphatic heterocycles. The molecule has 2 N–H and O–H groups in total. The van der Waals surface area contributed by atoms with E-state index in [1.165, 1.54) is 0 Å². The van der Waals surface area contributed by atoms with Gasteiger partial charge in [0.15, 0.2) is 11.5 Å². The lowest BCUT2D eigenvalue weighted by Gasteiger charge is -2.17. The Morgan fingerprint density at radius 1 is 1.15 bits per heavy atom. The molecule has 2 aromatic carbocycles. The Balaban J connectivity index is 1.56. The van der Waals surface area contributed by atoms with Gasteiger partial charge < -0.3 is 24.8 Å². The van der Waals surface area contributed by atoms with E-state index in [1.54, 1.807) is 7.11 Å². The van der Waals surface area contributed by atoms with Crippen molar-refractivity contribution in [2.24, 2.45) is 0 Å². The van der Waals surface area contributed by atoms with E-state index in [2.05, 4.69) is 10.6 Å². The second-order valence-corrected chi connectivity index (χ2v) is 6.16. The van der Waals surface area contributed by atoms with E-state index in [9.17, 15) is 4.79 Å². The van der Waals surface area contributed by atoms with E-state index in [4.69, 9.17) is 14.2 Å². The van der Waals surface area contributed by atoms with Crippen molar-refractivity contribution in [1.82, 2.24) is 10.6 Å². The molecular weight excluding hydrogens is 332 g/mol. The van der Waals surface area contributed by atoms with Crippen molar-refractivity contribution in [1.29, 1.82) is 0 Å². The summed E-state index contributed by atoms with van der Waals surface area (Å²) in [5, 5.41) is 5.80. The first kappa shape index (κ1) is 17.9. The number of rotatable bonds is 5. The first-order valence-electron chi connectivity index (χ1n) is 8.72. The number of carbonyl (C=O) groups excluding carboxylic acids is 1. The van der Waals surface area contributed by atoms with Crippen LogP contribution in [0.25, 0.3) is 0 Å². The first-order chi connectivity index (χ1) is 12.7. The van der Waals surface area contributed by atoms with Crippen LogP contribution < -0.4 is 24.8 Å². The van der Waals surface area contributed by atoms with Gasteiger partial charge in [-0.3, -0.25) is 0 Å². The molecule has 0 fully saturated rings. The topological polar surface area (TPSA) is 68.8 Å². The van der Waals surface area contributed by atoms with Crippen LogP contribution in [0.5, 0.6) is 17.2 Å². The molecule has 0 spiro atoms. The minimum atomic E-state index is -0.229. The molecule has 0 radical (unpaired) electrons. The highest BCUT2D eigenvalue weighted by atomic mass is 16.5. The lowest BCUT2D eigenvalue weighted by Crippen LogP contribution is -2.36. The third-order valence-electron chi connectivity index (χ3n) is 4.21. The van der Waals surface area contributed by atoms with Crippen molar-refractivity contribution in [3.05, 3.63) is 53.6 Å². The summed E-state index contributed by atoms with van der Waals surface area (Å²) in [5.41, 5.74) is 1.94. The lowest BCUT2D eigenvalue weighted by molar-refractivity contribution is 0.237. The van der Waals surface area contributed by atoms with Gasteiger partial charge >= 0.3 is 6.03 Å². The summed E-state index contributed by atoms with van der Waals surface area (Å²) in [7, 11) is 1.62. The minimum absolute atomic E-state index is 0.155. The minimum Gasteiger partial charge on any atom is -0.497 e. The molecular formula is C20H24N2O4. The van der Waals surface area contributed by atoms with E-state index in [0.29, 0.717) is 19.8 Å². The number of hydrogen-bond donors (Lipinski definition) is 2. The predicted octanol–water partition coefficient (Wildman–Crippen LogP) is 3.42. The standard InChI is InChI=1S/C20H24N2O4/c1-14(16-7-8-18-19(12-16)26-10-4-9-25-18)22-20(23)21-13-15-5-3-6-17(11-15)24-2/h3,5-8,11-12,14H,4,9-10,13H2,1-2H3,(H2,21,22,23). The van der Waals surface area contributed by atoms with Gasteiger partial charge in [0, 0.05) is 13.0 Å². The fourth-order valence-electron chi connectivity index (χ4n) is 2.74. The fourth-order valence-corrected chi connectivity index (χ4v) is 2.74. The smallest absolute Gasteiger partial charge is 0.315 e. The number of carbonyl (C=O) groups is 1. The number of ether oxygens (including phenoxy) is 3. The van der Waals surface area contributed by atoms with Crippen LogP contribution in [-0.2, 0) is 6.54 Å². The van der Waals surface area contributed by atoms with Crippen LogP contribution in [-0.4, -0.2) is 26.4 Å². The third kappa shape index (κ3) is 4.59. The zero-order valence-electron chi connectivity index (χ0n) is 15.1. The van der Waals surface area contributed by atoms with Crippen LogP contribution >= 0.6 is 0 Å². The molecule has 0 bridgehead atoms. The average molecular weight is 356 g/mol. The number of benzene rings is 2. The van der Waals surface area contributed by atoms with Crippen LogP contribution in [0, 0.1) is 0 Å². The van der Waals surface area contributed by atoms with Gasteiger partial charge in [-0.15, -0.1) is 0 Å². The van der Waals surface area contributed by atoms with Gasteiger partial charge in [-0.25, -0.2) is 4.79 Å². The number of amides is 2. The number of hydrogen-bond acceptors (Lipinski definition) is 4. The molecule has 6 nitrogen and oxygen atoms in total. The molecule has 6 heteroatoms. The summed E-state index contributed by atoms with van der Waals surface area (Å²) in [5.74, 6) is 2.25.